The second-order valence-electron chi connectivity index (χ2n) is 2.71. The number of aromatic hydroxyl groups is 1. The Morgan fingerprint density at radius 1 is 1.47 bits per heavy atom. The van der Waals surface area contributed by atoms with Crippen LogP contribution >= 0.6 is 15.9 Å². The fourth-order valence-corrected chi connectivity index (χ4v) is 1.35. The van der Waals surface area contributed by atoms with Crippen molar-refractivity contribution in [3.8, 4) is 5.75 Å². The van der Waals surface area contributed by atoms with Gasteiger partial charge in [-0.25, -0.2) is 4.79 Å². The zero-order valence-electron chi connectivity index (χ0n) is 7.99. The van der Waals surface area contributed by atoms with E-state index in [0.29, 0.717) is 4.47 Å². The molecule has 1 aromatic rings. The largest absolute Gasteiger partial charge is 0.507 e. The summed E-state index contributed by atoms with van der Waals surface area (Å²) in [7, 11) is 0. The number of hydrogen-bond donors (Lipinski definition) is 1. The molecule has 0 spiro atoms. The van der Waals surface area contributed by atoms with Crippen molar-refractivity contribution in [3.63, 3.8) is 0 Å². The highest BCUT2D eigenvalue weighted by atomic mass is 79.9. The standard InChI is InChI=1S/C10H9BrO4/c1-2-15-10(14)9(13)7-4-3-6(11)5-8(7)12/h3-5,12H,2H2,1H3. The number of benzene rings is 1. The Bertz CT molecular complexity index is 400. The van der Waals surface area contributed by atoms with Gasteiger partial charge < -0.3 is 9.84 Å². The number of halogens is 1. The van der Waals surface area contributed by atoms with E-state index in [4.69, 9.17) is 0 Å². The number of ketones is 1. The van der Waals surface area contributed by atoms with E-state index in [1.165, 1.54) is 12.1 Å². The molecule has 0 unspecified atom stereocenters. The van der Waals surface area contributed by atoms with Crippen LogP contribution in [0, 0.1) is 0 Å². The smallest absolute Gasteiger partial charge is 0.379 e. The molecule has 1 N–H and O–H groups in total. The molecule has 15 heavy (non-hydrogen) atoms. The van der Waals surface area contributed by atoms with Crippen molar-refractivity contribution in [1.82, 2.24) is 0 Å². The van der Waals surface area contributed by atoms with Gasteiger partial charge in [0.05, 0.1) is 12.2 Å². The average molecular weight is 273 g/mol. The first-order valence-electron chi connectivity index (χ1n) is 4.26. The molecule has 0 aliphatic rings. The molecule has 4 nitrogen and oxygen atoms in total. The molecule has 0 amide bonds. The number of phenols is 1. The third-order valence-electron chi connectivity index (χ3n) is 1.67. The van der Waals surface area contributed by atoms with Gasteiger partial charge in [-0.1, -0.05) is 15.9 Å². The van der Waals surface area contributed by atoms with Crippen molar-refractivity contribution in [2.75, 3.05) is 6.61 Å². The van der Waals surface area contributed by atoms with Gasteiger partial charge in [-0.05, 0) is 25.1 Å². The van der Waals surface area contributed by atoms with Gasteiger partial charge in [0.1, 0.15) is 5.75 Å². The maximum absolute atomic E-state index is 11.4. The lowest BCUT2D eigenvalue weighted by Gasteiger charge is -2.03. The van der Waals surface area contributed by atoms with Crippen LogP contribution < -0.4 is 0 Å². The molecular weight excluding hydrogens is 264 g/mol. The molecule has 0 radical (unpaired) electrons. The van der Waals surface area contributed by atoms with Crippen LogP contribution in [-0.2, 0) is 9.53 Å². The first-order valence-corrected chi connectivity index (χ1v) is 5.05. The summed E-state index contributed by atoms with van der Waals surface area (Å²) in [4.78, 5) is 22.5. The number of carbonyl (C=O) groups excluding carboxylic acids is 2. The second kappa shape index (κ2) is 4.93. The highest BCUT2D eigenvalue weighted by Crippen LogP contribution is 2.22. The van der Waals surface area contributed by atoms with E-state index >= 15 is 0 Å². The first-order chi connectivity index (χ1) is 7.06. The molecule has 0 saturated heterocycles. The van der Waals surface area contributed by atoms with Crippen molar-refractivity contribution in [1.29, 1.82) is 0 Å². The Labute approximate surface area is 95.0 Å². The Hall–Kier alpha value is -1.36. The molecule has 1 rings (SSSR count). The molecule has 0 aromatic heterocycles. The molecule has 5 heteroatoms. The van der Waals surface area contributed by atoms with Crippen LogP contribution in [0.25, 0.3) is 0 Å². The van der Waals surface area contributed by atoms with E-state index in [2.05, 4.69) is 20.7 Å². The molecule has 0 atom stereocenters. The molecule has 80 valence electrons. The van der Waals surface area contributed by atoms with E-state index in [9.17, 15) is 14.7 Å². The van der Waals surface area contributed by atoms with Crippen molar-refractivity contribution < 1.29 is 19.4 Å². The van der Waals surface area contributed by atoms with Crippen LogP contribution in [0.2, 0.25) is 0 Å². The van der Waals surface area contributed by atoms with Crippen LogP contribution in [0.1, 0.15) is 17.3 Å². The van der Waals surface area contributed by atoms with E-state index in [0.717, 1.165) is 0 Å². The topological polar surface area (TPSA) is 63.6 Å². The molecule has 0 aliphatic carbocycles. The second-order valence-corrected chi connectivity index (χ2v) is 3.63. The number of phenolic OH excluding ortho intramolecular Hbond substituents is 1. The number of hydrogen-bond acceptors (Lipinski definition) is 4. The van der Waals surface area contributed by atoms with Crippen LogP contribution in [0.3, 0.4) is 0 Å². The molecule has 0 fully saturated rings. The predicted octanol–water partition coefficient (Wildman–Crippen LogP) is 1.90. The van der Waals surface area contributed by atoms with Gasteiger partial charge in [0.25, 0.3) is 5.78 Å². The molecule has 1 aromatic carbocycles. The Balaban J connectivity index is 2.96. The van der Waals surface area contributed by atoms with E-state index in [1.54, 1.807) is 13.0 Å². The Morgan fingerprint density at radius 3 is 2.67 bits per heavy atom. The number of rotatable bonds is 3. The number of Topliss-reactive ketones (excluding diaryl/α,β-unsaturated/α-hetero) is 1. The summed E-state index contributed by atoms with van der Waals surface area (Å²) in [6.07, 6.45) is 0. The van der Waals surface area contributed by atoms with Crippen molar-refractivity contribution in [2.24, 2.45) is 0 Å². The summed E-state index contributed by atoms with van der Waals surface area (Å²) in [5, 5.41) is 9.42. The lowest BCUT2D eigenvalue weighted by Crippen LogP contribution is -2.17. The Morgan fingerprint density at radius 2 is 2.13 bits per heavy atom. The lowest BCUT2D eigenvalue weighted by molar-refractivity contribution is -0.137. The minimum absolute atomic E-state index is 0.0587. The summed E-state index contributed by atoms with van der Waals surface area (Å²) in [6.45, 7) is 1.73. The van der Waals surface area contributed by atoms with Gasteiger partial charge in [0, 0.05) is 4.47 Å². The average Bonchev–Trinajstić information content (AvgIpc) is 2.17. The molecular formula is C10H9BrO4. The first kappa shape index (κ1) is 11.7. The SMILES string of the molecule is CCOC(=O)C(=O)c1ccc(Br)cc1O. The number of carbonyl (C=O) groups is 2. The van der Waals surface area contributed by atoms with Gasteiger partial charge in [-0.3, -0.25) is 4.79 Å². The molecule has 0 aliphatic heterocycles. The zero-order valence-corrected chi connectivity index (χ0v) is 9.58. The number of ether oxygens (including phenoxy) is 1. The van der Waals surface area contributed by atoms with Crippen LogP contribution in [0.15, 0.2) is 22.7 Å². The fourth-order valence-electron chi connectivity index (χ4n) is 1.00. The zero-order chi connectivity index (χ0) is 11.4. The molecule has 0 heterocycles. The minimum atomic E-state index is -0.963. The number of esters is 1. The van der Waals surface area contributed by atoms with Crippen molar-refractivity contribution in [2.45, 2.75) is 6.92 Å². The monoisotopic (exact) mass is 272 g/mol. The maximum Gasteiger partial charge on any atom is 0.379 e. The van der Waals surface area contributed by atoms with Crippen LogP contribution in [0.5, 0.6) is 5.75 Å². The van der Waals surface area contributed by atoms with E-state index in [1.807, 2.05) is 0 Å². The van der Waals surface area contributed by atoms with Crippen LogP contribution in [0.4, 0.5) is 0 Å². The third kappa shape index (κ3) is 2.79. The van der Waals surface area contributed by atoms with E-state index < -0.39 is 11.8 Å². The quantitative estimate of drug-likeness (QED) is 0.519. The summed E-state index contributed by atoms with van der Waals surface area (Å²) >= 11 is 3.13. The normalized spacial score (nSPS) is 9.73. The Kier molecular flexibility index (Phi) is 3.85. The lowest BCUT2D eigenvalue weighted by atomic mass is 10.1. The van der Waals surface area contributed by atoms with Gasteiger partial charge in [-0.2, -0.15) is 0 Å². The minimum Gasteiger partial charge on any atom is -0.507 e. The summed E-state index contributed by atoms with van der Waals surface area (Å²) < 4.78 is 5.16. The molecule has 0 saturated carbocycles. The van der Waals surface area contributed by atoms with Crippen molar-refractivity contribution >= 4 is 27.7 Å². The molecule has 0 bridgehead atoms. The summed E-state index contributed by atoms with van der Waals surface area (Å²) in [6, 6.07) is 4.26. The highest BCUT2D eigenvalue weighted by Gasteiger charge is 2.20. The highest BCUT2D eigenvalue weighted by molar-refractivity contribution is 9.10. The maximum atomic E-state index is 11.4. The fraction of sp³-hybridized carbons (Fsp3) is 0.200. The summed E-state index contributed by atoms with van der Waals surface area (Å²) in [5.74, 6) is -2.06. The van der Waals surface area contributed by atoms with Gasteiger partial charge in [0.15, 0.2) is 0 Å². The summed E-state index contributed by atoms with van der Waals surface area (Å²) in [5.41, 5.74) is -0.0587. The van der Waals surface area contributed by atoms with Gasteiger partial charge >= 0.3 is 5.97 Å². The van der Waals surface area contributed by atoms with Gasteiger partial charge in [0.2, 0.25) is 0 Å². The third-order valence-corrected chi connectivity index (χ3v) is 2.16. The van der Waals surface area contributed by atoms with E-state index in [-0.39, 0.29) is 17.9 Å². The van der Waals surface area contributed by atoms with Crippen LogP contribution in [-0.4, -0.2) is 23.5 Å². The predicted molar refractivity (Wildman–Crippen MR) is 56.8 cm³/mol. The van der Waals surface area contributed by atoms with Gasteiger partial charge in [-0.15, -0.1) is 0 Å². The van der Waals surface area contributed by atoms with Crippen molar-refractivity contribution in [3.05, 3.63) is 28.2 Å².